The van der Waals surface area contributed by atoms with Gasteiger partial charge in [0.15, 0.2) is 5.16 Å². The van der Waals surface area contributed by atoms with Crippen molar-refractivity contribution in [1.29, 1.82) is 0 Å². The van der Waals surface area contributed by atoms with Crippen LogP contribution in [0.25, 0.3) is 11.0 Å². The van der Waals surface area contributed by atoms with Crippen LogP contribution in [-0.4, -0.2) is 21.6 Å². The van der Waals surface area contributed by atoms with E-state index in [-0.39, 0.29) is 11.4 Å². The van der Waals surface area contributed by atoms with Crippen LogP contribution in [-0.2, 0) is 11.0 Å². The largest absolute Gasteiger partial charge is 0.417 e. The third-order valence-electron chi connectivity index (χ3n) is 3.32. The lowest BCUT2D eigenvalue weighted by Gasteiger charge is -2.11. The van der Waals surface area contributed by atoms with Gasteiger partial charge in [0.1, 0.15) is 0 Å². The molecular formula is C16H10Cl2F3N3OS. The molecule has 4 nitrogen and oxygen atoms in total. The molecule has 0 saturated carbocycles. The van der Waals surface area contributed by atoms with Gasteiger partial charge < -0.3 is 10.3 Å². The smallest absolute Gasteiger partial charge is 0.333 e. The Bertz CT molecular complexity index is 975. The molecule has 0 aliphatic heterocycles. The summed E-state index contributed by atoms with van der Waals surface area (Å²) in [6.45, 7) is 0. The van der Waals surface area contributed by atoms with E-state index in [1.807, 2.05) is 0 Å². The fraction of sp³-hybridized carbons (Fsp3) is 0.125. The van der Waals surface area contributed by atoms with Gasteiger partial charge in [0.05, 0.1) is 27.4 Å². The molecule has 1 amide bonds. The molecule has 3 aromatic rings. The second kappa shape index (κ2) is 7.38. The number of nitrogens with one attached hydrogen (secondary N) is 2. The molecular weight excluding hydrogens is 410 g/mol. The first kappa shape index (κ1) is 18.9. The Hall–Kier alpha value is -1.90. The van der Waals surface area contributed by atoms with Crippen molar-refractivity contribution < 1.29 is 18.0 Å². The highest BCUT2D eigenvalue weighted by molar-refractivity contribution is 7.99. The Kier molecular flexibility index (Phi) is 5.36. The summed E-state index contributed by atoms with van der Waals surface area (Å²) >= 11 is 12.6. The van der Waals surface area contributed by atoms with Crippen LogP contribution in [0, 0.1) is 0 Å². The number of thioether (sulfide) groups is 1. The summed E-state index contributed by atoms with van der Waals surface area (Å²) in [6, 6.07) is 8.35. The predicted octanol–water partition coefficient (Wildman–Crippen LogP) is 5.62. The summed E-state index contributed by atoms with van der Waals surface area (Å²) in [5.74, 6) is -0.499. The Morgan fingerprint density at radius 3 is 2.69 bits per heavy atom. The minimum absolute atomic E-state index is 0.0173. The summed E-state index contributed by atoms with van der Waals surface area (Å²) in [6.07, 6.45) is -4.60. The average molecular weight is 420 g/mol. The Morgan fingerprint density at radius 2 is 1.96 bits per heavy atom. The summed E-state index contributed by atoms with van der Waals surface area (Å²) in [5, 5.41) is 3.05. The first-order valence-corrected chi connectivity index (χ1v) is 8.91. The molecule has 0 spiro atoms. The Balaban J connectivity index is 1.65. The number of hydrogen-bond acceptors (Lipinski definition) is 3. The lowest BCUT2D eigenvalue weighted by molar-refractivity contribution is -0.137. The molecule has 2 aromatic carbocycles. The van der Waals surface area contributed by atoms with Crippen molar-refractivity contribution in [1.82, 2.24) is 9.97 Å². The maximum atomic E-state index is 12.8. The molecule has 1 aromatic heterocycles. The molecule has 136 valence electrons. The fourth-order valence-electron chi connectivity index (χ4n) is 2.18. The first-order valence-electron chi connectivity index (χ1n) is 7.17. The zero-order valence-corrected chi connectivity index (χ0v) is 15.2. The van der Waals surface area contributed by atoms with Gasteiger partial charge in [-0.15, -0.1) is 0 Å². The lowest BCUT2D eigenvalue weighted by Crippen LogP contribution is -2.15. The molecule has 2 N–H and O–H groups in total. The van der Waals surface area contributed by atoms with Gasteiger partial charge in [-0.3, -0.25) is 4.79 Å². The second-order valence-electron chi connectivity index (χ2n) is 5.23. The minimum Gasteiger partial charge on any atom is -0.333 e. The van der Waals surface area contributed by atoms with Crippen LogP contribution < -0.4 is 5.32 Å². The third-order valence-corrected chi connectivity index (χ3v) is 4.76. The number of aromatic nitrogens is 2. The molecule has 0 fully saturated rings. The quantitative estimate of drug-likeness (QED) is 0.539. The Morgan fingerprint density at radius 1 is 1.19 bits per heavy atom. The van der Waals surface area contributed by atoms with E-state index in [1.54, 1.807) is 18.2 Å². The van der Waals surface area contributed by atoms with Gasteiger partial charge in [-0.05, 0) is 36.4 Å². The third kappa shape index (κ3) is 4.44. The van der Waals surface area contributed by atoms with Crippen molar-refractivity contribution in [3.8, 4) is 0 Å². The van der Waals surface area contributed by atoms with Gasteiger partial charge in [-0.2, -0.15) is 13.2 Å². The van der Waals surface area contributed by atoms with Crippen LogP contribution in [0.15, 0.2) is 41.6 Å². The number of carbonyl (C=O) groups is 1. The van der Waals surface area contributed by atoms with E-state index in [0.717, 1.165) is 29.4 Å². The number of aromatic amines is 1. The number of H-pyrrole nitrogens is 1. The van der Waals surface area contributed by atoms with Crippen LogP contribution >= 0.6 is 35.0 Å². The van der Waals surface area contributed by atoms with Gasteiger partial charge in [0.25, 0.3) is 0 Å². The number of fused-ring (bicyclic) bond motifs is 1. The molecule has 0 aliphatic rings. The predicted molar refractivity (Wildman–Crippen MR) is 96.9 cm³/mol. The molecule has 0 bridgehead atoms. The van der Waals surface area contributed by atoms with E-state index < -0.39 is 22.7 Å². The molecule has 1 heterocycles. The van der Waals surface area contributed by atoms with E-state index in [1.165, 1.54) is 6.07 Å². The van der Waals surface area contributed by atoms with Crippen LogP contribution in [0.2, 0.25) is 10.0 Å². The number of rotatable bonds is 4. The van der Waals surface area contributed by atoms with Crippen LogP contribution in [0.5, 0.6) is 0 Å². The standard InChI is InChI=1S/C16H10Cl2F3N3OS/c17-8-1-4-12-13(5-8)24-15(23-12)26-7-14(25)22-9-2-3-11(18)10(6-9)16(19,20)21/h1-6H,7H2,(H,22,25)(H,23,24). The molecule has 10 heteroatoms. The number of alkyl halides is 3. The van der Waals surface area contributed by atoms with Crippen LogP contribution in [0.3, 0.4) is 0 Å². The van der Waals surface area contributed by atoms with Gasteiger partial charge >= 0.3 is 6.18 Å². The molecule has 0 saturated heterocycles. The number of benzene rings is 2. The average Bonchev–Trinajstić information content (AvgIpc) is 2.95. The van der Waals surface area contributed by atoms with Crippen molar-refractivity contribution in [3.63, 3.8) is 0 Å². The molecule has 0 radical (unpaired) electrons. The molecule has 26 heavy (non-hydrogen) atoms. The SMILES string of the molecule is O=C(CSc1nc2ccc(Cl)cc2[nH]1)Nc1ccc(Cl)c(C(F)(F)F)c1. The van der Waals surface area contributed by atoms with Crippen molar-refractivity contribution in [3.05, 3.63) is 52.0 Å². The number of anilines is 1. The number of amides is 1. The maximum absolute atomic E-state index is 12.8. The highest BCUT2D eigenvalue weighted by Gasteiger charge is 2.33. The zero-order valence-electron chi connectivity index (χ0n) is 12.8. The number of hydrogen-bond donors (Lipinski definition) is 2. The summed E-state index contributed by atoms with van der Waals surface area (Å²) in [5.41, 5.74) is 0.445. The van der Waals surface area contributed by atoms with E-state index in [4.69, 9.17) is 23.2 Å². The summed E-state index contributed by atoms with van der Waals surface area (Å²) < 4.78 is 38.5. The summed E-state index contributed by atoms with van der Waals surface area (Å²) in [4.78, 5) is 19.3. The highest BCUT2D eigenvalue weighted by Crippen LogP contribution is 2.36. The minimum atomic E-state index is -4.60. The van der Waals surface area contributed by atoms with E-state index in [0.29, 0.717) is 15.7 Å². The first-order chi connectivity index (χ1) is 12.2. The fourth-order valence-corrected chi connectivity index (χ4v) is 3.26. The number of imidazole rings is 1. The number of halogens is 5. The highest BCUT2D eigenvalue weighted by atomic mass is 35.5. The van der Waals surface area contributed by atoms with E-state index >= 15 is 0 Å². The molecule has 3 rings (SSSR count). The number of nitrogens with zero attached hydrogens (tertiary/aromatic N) is 1. The van der Waals surface area contributed by atoms with Gasteiger partial charge in [-0.1, -0.05) is 35.0 Å². The van der Waals surface area contributed by atoms with E-state index in [9.17, 15) is 18.0 Å². The van der Waals surface area contributed by atoms with Crippen molar-refractivity contribution in [2.45, 2.75) is 11.3 Å². The van der Waals surface area contributed by atoms with Gasteiger partial charge in [0.2, 0.25) is 5.91 Å². The van der Waals surface area contributed by atoms with Crippen LogP contribution in [0.4, 0.5) is 18.9 Å². The van der Waals surface area contributed by atoms with Crippen LogP contribution in [0.1, 0.15) is 5.56 Å². The van der Waals surface area contributed by atoms with Crippen molar-refractivity contribution >= 4 is 57.6 Å². The normalized spacial score (nSPS) is 11.7. The summed E-state index contributed by atoms with van der Waals surface area (Å²) in [7, 11) is 0. The van der Waals surface area contributed by atoms with Gasteiger partial charge in [0, 0.05) is 10.7 Å². The Labute approximate surface area is 160 Å². The molecule has 0 aliphatic carbocycles. The maximum Gasteiger partial charge on any atom is 0.417 e. The molecule has 0 unspecified atom stereocenters. The number of carbonyl (C=O) groups excluding carboxylic acids is 1. The topological polar surface area (TPSA) is 57.8 Å². The van der Waals surface area contributed by atoms with E-state index in [2.05, 4.69) is 15.3 Å². The zero-order chi connectivity index (χ0) is 18.9. The monoisotopic (exact) mass is 419 g/mol. The molecule has 0 atom stereocenters. The van der Waals surface area contributed by atoms with Gasteiger partial charge in [-0.25, -0.2) is 4.98 Å². The lowest BCUT2D eigenvalue weighted by atomic mass is 10.2. The van der Waals surface area contributed by atoms with Crippen molar-refractivity contribution in [2.75, 3.05) is 11.1 Å². The van der Waals surface area contributed by atoms with Crippen molar-refractivity contribution in [2.24, 2.45) is 0 Å². The second-order valence-corrected chi connectivity index (χ2v) is 7.04.